The quantitative estimate of drug-likeness (QED) is 0.897. The van der Waals surface area contributed by atoms with E-state index in [4.69, 9.17) is 0 Å². The number of aliphatic hydroxyl groups excluding tert-OH is 1. The number of hydrogen-bond donors (Lipinski definition) is 1. The second kappa shape index (κ2) is 6.22. The number of nitrogens with zero attached hydrogens (tertiary/aromatic N) is 2. The van der Waals surface area contributed by atoms with Crippen LogP contribution in [0.3, 0.4) is 0 Å². The van der Waals surface area contributed by atoms with Gasteiger partial charge in [-0.15, -0.1) is 0 Å². The molecule has 0 aromatic heterocycles. The van der Waals surface area contributed by atoms with Crippen LogP contribution in [0.1, 0.15) is 18.4 Å². The number of rotatable bonds is 4. The molecule has 0 aliphatic carbocycles. The minimum absolute atomic E-state index is 0.266. The molecule has 0 amide bonds. The largest absolute Gasteiger partial charge is 0.392 e. The topological polar surface area (TPSA) is 60.9 Å². The molecule has 1 atom stereocenters. The second-order valence-electron chi connectivity index (χ2n) is 5.47. The molecule has 0 radical (unpaired) electrons. The summed E-state index contributed by atoms with van der Waals surface area (Å²) in [5.41, 5.74) is 0.960. The summed E-state index contributed by atoms with van der Waals surface area (Å²) in [6, 6.07) is 7.03. The number of likely N-dealkylation sites (tertiary alicyclic amines) is 1. The maximum atomic E-state index is 12.1. The Hall–Kier alpha value is -0.950. The van der Waals surface area contributed by atoms with Gasteiger partial charge in [0.15, 0.2) is 0 Å². The summed E-state index contributed by atoms with van der Waals surface area (Å²) in [5.74, 6) is 0. The molecule has 1 fully saturated rings. The second-order valence-corrected chi connectivity index (χ2v) is 7.62. The third kappa shape index (κ3) is 3.58. The highest BCUT2D eigenvalue weighted by atomic mass is 32.2. The zero-order chi connectivity index (χ0) is 14.8. The summed E-state index contributed by atoms with van der Waals surface area (Å²) in [6.45, 7) is 2.28. The van der Waals surface area contributed by atoms with Gasteiger partial charge in [-0.2, -0.15) is 0 Å². The van der Waals surface area contributed by atoms with E-state index in [1.807, 2.05) is 6.07 Å². The van der Waals surface area contributed by atoms with Crippen LogP contribution >= 0.6 is 0 Å². The lowest BCUT2D eigenvalue weighted by atomic mass is 10.1. The van der Waals surface area contributed by atoms with Crippen LogP contribution in [0.5, 0.6) is 0 Å². The normalized spacial score (nSPS) is 21.3. The van der Waals surface area contributed by atoms with Gasteiger partial charge in [-0.3, -0.25) is 4.90 Å². The van der Waals surface area contributed by atoms with E-state index in [0.717, 1.165) is 24.9 Å². The van der Waals surface area contributed by atoms with Gasteiger partial charge in [0.1, 0.15) is 0 Å². The van der Waals surface area contributed by atoms with Gasteiger partial charge in [-0.05, 0) is 37.1 Å². The molecular weight excluding hydrogens is 276 g/mol. The van der Waals surface area contributed by atoms with Crippen molar-refractivity contribution in [2.45, 2.75) is 30.4 Å². The molecule has 5 nitrogen and oxygen atoms in total. The average Bonchev–Trinajstić information content (AvgIpc) is 2.39. The Morgan fingerprint density at radius 1 is 1.40 bits per heavy atom. The number of hydrogen-bond acceptors (Lipinski definition) is 4. The molecule has 0 saturated carbocycles. The molecule has 1 aromatic carbocycles. The molecule has 0 unspecified atom stereocenters. The van der Waals surface area contributed by atoms with Crippen molar-refractivity contribution in [3.63, 3.8) is 0 Å². The first-order valence-electron chi connectivity index (χ1n) is 6.81. The zero-order valence-corrected chi connectivity index (χ0v) is 12.8. The Bertz CT molecular complexity index is 557. The Kier molecular flexibility index (Phi) is 4.80. The third-order valence-electron chi connectivity index (χ3n) is 3.56. The molecule has 0 bridgehead atoms. The van der Waals surface area contributed by atoms with Gasteiger partial charge >= 0.3 is 0 Å². The predicted octanol–water partition coefficient (Wildman–Crippen LogP) is 0.894. The first kappa shape index (κ1) is 15.4. The smallest absolute Gasteiger partial charge is 0.242 e. The number of sulfonamides is 1. The van der Waals surface area contributed by atoms with E-state index in [9.17, 15) is 13.5 Å². The van der Waals surface area contributed by atoms with Crippen molar-refractivity contribution in [1.82, 2.24) is 9.21 Å². The monoisotopic (exact) mass is 298 g/mol. The van der Waals surface area contributed by atoms with Crippen molar-refractivity contribution >= 4 is 10.0 Å². The number of piperidine rings is 1. The fourth-order valence-electron chi connectivity index (χ4n) is 2.45. The van der Waals surface area contributed by atoms with Gasteiger partial charge in [-0.25, -0.2) is 12.7 Å². The first-order valence-corrected chi connectivity index (χ1v) is 8.25. The average molecular weight is 298 g/mol. The Labute approximate surface area is 120 Å². The predicted molar refractivity (Wildman–Crippen MR) is 77.8 cm³/mol. The Morgan fingerprint density at radius 2 is 2.15 bits per heavy atom. The van der Waals surface area contributed by atoms with Gasteiger partial charge in [0.25, 0.3) is 0 Å². The number of aliphatic hydroxyl groups is 1. The minimum Gasteiger partial charge on any atom is -0.392 e. The molecular formula is C14H22N2O3S. The van der Waals surface area contributed by atoms with Crippen LogP contribution in [0.15, 0.2) is 29.2 Å². The van der Waals surface area contributed by atoms with Crippen molar-refractivity contribution in [3.8, 4) is 0 Å². The van der Waals surface area contributed by atoms with Gasteiger partial charge in [0, 0.05) is 27.2 Å². The SMILES string of the molecule is CN(C)S(=O)(=O)c1cccc(CN2CCC[C@@H](O)C2)c1. The van der Waals surface area contributed by atoms with E-state index in [-0.39, 0.29) is 6.10 Å². The van der Waals surface area contributed by atoms with Crippen LogP contribution in [-0.2, 0) is 16.6 Å². The highest BCUT2D eigenvalue weighted by Gasteiger charge is 2.20. The van der Waals surface area contributed by atoms with Crippen LogP contribution in [0.2, 0.25) is 0 Å². The maximum absolute atomic E-state index is 12.1. The van der Waals surface area contributed by atoms with Crippen molar-refractivity contribution in [1.29, 1.82) is 0 Å². The molecule has 1 aliphatic rings. The van der Waals surface area contributed by atoms with Crippen LogP contribution in [-0.4, -0.2) is 56.0 Å². The van der Waals surface area contributed by atoms with E-state index in [0.29, 0.717) is 18.0 Å². The van der Waals surface area contributed by atoms with E-state index in [1.54, 1.807) is 18.2 Å². The van der Waals surface area contributed by atoms with Gasteiger partial charge < -0.3 is 5.11 Å². The Balaban J connectivity index is 2.14. The summed E-state index contributed by atoms with van der Waals surface area (Å²) < 4.78 is 25.4. The van der Waals surface area contributed by atoms with E-state index >= 15 is 0 Å². The highest BCUT2D eigenvalue weighted by Crippen LogP contribution is 2.18. The lowest BCUT2D eigenvalue weighted by Gasteiger charge is -2.30. The summed E-state index contributed by atoms with van der Waals surface area (Å²) in [5, 5.41) is 9.67. The molecule has 1 heterocycles. The van der Waals surface area contributed by atoms with Gasteiger partial charge in [0.2, 0.25) is 10.0 Å². The molecule has 1 N–H and O–H groups in total. The van der Waals surface area contributed by atoms with Crippen LogP contribution in [0.25, 0.3) is 0 Å². The fourth-order valence-corrected chi connectivity index (χ4v) is 3.42. The minimum atomic E-state index is -3.39. The summed E-state index contributed by atoms with van der Waals surface area (Å²) >= 11 is 0. The van der Waals surface area contributed by atoms with Crippen molar-refractivity contribution in [2.24, 2.45) is 0 Å². The van der Waals surface area contributed by atoms with E-state index in [2.05, 4.69) is 4.90 Å². The molecule has 20 heavy (non-hydrogen) atoms. The lowest BCUT2D eigenvalue weighted by molar-refractivity contribution is 0.0668. The van der Waals surface area contributed by atoms with E-state index < -0.39 is 10.0 Å². The standard InChI is InChI=1S/C14H22N2O3S/c1-15(2)20(18,19)14-7-3-5-12(9-14)10-16-8-4-6-13(17)11-16/h3,5,7,9,13,17H,4,6,8,10-11H2,1-2H3/t13-/m1/s1. The van der Waals surface area contributed by atoms with Crippen LogP contribution < -0.4 is 0 Å². The Morgan fingerprint density at radius 3 is 2.80 bits per heavy atom. The maximum Gasteiger partial charge on any atom is 0.242 e. The van der Waals surface area contributed by atoms with Crippen LogP contribution in [0, 0.1) is 0 Å². The molecule has 1 aromatic rings. The molecule has 0 spiro atoms. The molecule has 2 rings (SSSR count). The van der Waals surface area contributed by atoms with E-state index in [1.165, 1.54) is 18.4 Å². The van der Waals surface area contributed by atoms with Crippen molar-refractivity contribution < 1.29 is 13.5 Å². The van der Waals surface area contributed by atoms with Gasteiger partial charge in [-0.1, -0.05) is 12.1 Å². The molecule has 1 saturated heterocycles. The molecule has 6 heteroatoms. The molecule has 1 aliphatic heterocycles. The fraction of sp³-hybridized carbons (Fsp3) is 0.571. The summed E-state index contributed by atoms with van der Waals surface area (Å²) in [7, 11) is -0.324. The zero-order valence-electron chi connectivity index (χ0n) is 12.0. The molecule has 112 valence electrons. The van der Waals surface area contributed by atoms with Crippen molar-refractivity contribution in [3.05, 3.63) is 29.8 Å². The highest BCUT2D eigenvalue weighted by molar-refractivity contribution is 7.89. The van der Waals surface area contributed by atoms with Crippen LogP contribution in [0.4, 0.5) is 0 Å². The summed E-state index contributed by atoms with van der Waals surface area (Å²) in [4.78, 5) is 2.48. The number of benzene rings is 1. The summed E-state index contributed by atoms with van der Waals surface area (Å²) in [6.07, 6.45) is 1.57. The van der Waals surface area contributed by atoms with Crippen molar-refractivity contribution in [2.75, 3.05) is 27.2 Å². The first-order chi connectivity index (χ1) is 9.39. The van der Waals surface area contributed by atoms with Gasteiger partial charge in [0.05, 0.1) is 11.0 Å². The third-order valence-corrected chi connectivity index (χ3v) is 5.37. The lowest BCUT2D eigenvalue weighted by Crippen LogP contribution is -2.37. The number of β-amino-alcohol motifs (C(OH)–C–C–N with tert-alkyl or cyclic N) is 1.